The molecule has 1 saturated heterocycles. The number of carbonyl (C=O) groups excluding carboxylic acids is 2. The van der Waals surface area contributed by atoms with Gasteiger partial charge in [-0.1, -0.05) is 36.4 Å². The van der Waals surface area contributed by atoms with Crippen LogP contribution in [-0.2, 0) is 0 Å². The minimum absolute atomic E-state index is 0.0203. The van der Waals surface area contributed by atoms with Gasteiger partial charge in [-0.15, -0.1) is 0 Å². The van der Waals surface area contributed by atoms with Crippen molar-refractivity contribution in [2.75, 3.05) is 27.3 Å². The van der Waals surface area contributed by atoms with Gasteiger partial charge in [0.1, 0.15) is 6.10 Å². The number of para-hydroxylation sites is 1. The minimum Gasteiger partial charge on any atom is -0.493 e. The van der Waals surface area contributed by atoms with Crippen LogP contribution in [0.2, 0.25) is 0 Å². The number of carbonyl (C=O) groups is 2. The molecule has 2 aliphatic rings. The molecule has 168 valence electrons. The Hall–Kier alpha value is -3.80. The van der Waals surface area contributed by atoms with E-state index in [0.29, 0.717) is 59.9 Å². The second kappa shape index (κ2) is 8.62. The molecule has 0 radical (unpaired) electrons. The highest BCUT2D eigenvalue weighted by Crippen LogP contribution is 2.39. The topological polar surface area (TPSA) is 65.1 Å². The van der Waals surface area contributed by atoms with E-state index in [9.17, 15) is 9.59 Å². The summed E-state index contributed by atoms with van der Waals surface area (Å²) in [6, 6.07) is 18.5. The molecule has 6 nitrogen and oxygen atoms in total. The predicted octanol–water partition coefficient (Wildman–Crippen LogP) is 4.60. The van der Waals surface area contributed by atoms with Crippen molar-refractivity contribution in [2.45, 2.75) is 18.9 Å². The lowest BCUT2D eigenvalue weighted by Crippen LogP contribution is -2.41. The highest BCUT2D eigenvalue weighted by atomic mass is 16.5. The van der Waals surface area contributed by atoms with Crippen molar-refractivity contribution in [3.8, 4) is 28.4 Å². The Labute approximate surface area is 192 Å². The maximum atomic E-state index is 13.2. The number of fused-ring (bicyclic) bond motifs is 3. The monoisotopic (exact) mass is 443 g/mol. The molecule has 1 heterocycles. The Balaban J connectivity index is 1.27. The normalized spacial score (nSPS) is 15.1. The van der Waals surface area contributed by atoms with Gasteiger partial charge in [-0.05, 0) is 35.4 Å². The van der Waals surface area contributed by atoms with Crippen molar-refractivity contribution in [3.63, 3.8) is 0 Å². The zero-order chi connectivity index (χ0) is 22.9. The van der Waals surface area contributed by atoms with Crippen LogP contribution in [0.3, 0.4) is 0 Å². The van der Waals surface area contributed by atoms with Crippen LogP contribution in [0.25, 0.3) is 11.1 Å². The summed E-state index contributed by atoms with van der Waals surface area (Å²) in [6.45, 7) is 1.15. The molecule has 0 unspecified atom stereocenters. The van der Waals surface area contributed by atoms with Crippen molar-refractivity contribution in [1.82, 2.24) is 4.90 Å². The van der Waals surface area contributed by atoms with Gasteiger partial charge in [0.05, 0.1) is 14.2 Å². The average molecular weight is 443 g/mol. The highest BCUT2D eigenvalue weighted by molar-refractivity contribution is 6.22. The van der Waals surface area contributed by atoms with E-state index in [1.165, 1.54) is 0 Å². The van der Waals surface area contributed by atoms with E-state index in [-0.39, 0.29) is 17.8 Å². The second-order valence-corrected chi connectivity index (χ2v) is 8.24. The highest BCUT2D eigenvalue weighted by Gasteiger charge is 2.30. The van der Waals surface area contributed by atoms with Crippen LogP contribution >= 0.6 is 0 Å². The fourth-order valence-electron chi connectivity index (χ4n) is 4.62. The Morgan fingerprint density at radius 1 is 0.818 bits per heavy atom. The van der Waals surface area contributed by atoms with Gasteiger partial charge >= 0.3 is 0 Å². The number of piperidine rings is 1. The van der Waals surface area contributed by atoms with Gasteiger partial charge in [0, 0.05) is 42.6 Å². The molecule has 5 rings (SSSR count). The van der Waals surface area contributed by atoms with E-state index in [1.807, 2.05) is 59.5 Å². The summed E-state index contributed by atoms with van der Waals surface area (Å²) in [5, 5.41) is 0. The summed E-state index contributed by atoms with van der Waals surface area (Å²) in [4.78, 5) is 27.8. The molecule has 0 atom stereocenters. The first-order valence-corrected chi connectivity index (χ1v) is 11.1. The third-order valence-electron chi connectivity index (χ3n) is 6.37. The Kier molecular flexibility index (Phi) is 5.50. The zero-order valence-corrected chi connectivity index (χ0v) is 18.7. The number of hydrogen-bond donors (Lipinski definition) is 0. The minimum atomic E-state index is -0.0603. The predicted molar refractivity (Wildman–Crippen MR) is 124 cm³/mol. The first kappa shape index (κ1) is 21.1. The van der Waals surface area contributed by atoms with E-state index in [4.69, 9.17) is 14.2 Å². The number of methoxy groups -OCH3 is 2. The molecule has 1 amide bonds. The summed E-state index contributed by atoms with van der Waals surface area (Å²) >= 11 is 0. The molecule has 0 bridgehead atoms. The summed E-state index contributed by atoms with van der Waals surface area (Å²) in [5.41, 5.74) is 3.66. The SMILES string of the molecule is COc1cccc(OC)c1OC1CCN(C(=O)c2ccc3c(c2)C(=O)c2ccccc2-3)CC1. The van der Waals surface area contributed by atoms with E-state index < -0.39 is 0 Å². The first-order valence-electron chi connectivity index (χ1n) is 11.1. The number of likely N-dealkylation sites (tertiary alicyclic amines) is 1. The van der Waals surface area contributed by atoms with Gasteiger partial charge in [-0.2, -0.15) is 0 Å². The van der Waals surface area contributed by atoms with Gasteiger partial charge in [-0.3, -0.25) is 9.59 Å². The lowest BCUT2D eigenvalue weighted by Gasteiger charge is -2.32. The smallest absolute Gasteiger partial charge is 0.253 e. The molecule has 33 heavy (non-hydrogen) atoms. The lowest BCUT2D eigenvalue weighted by molar-refractivity contribution is 0.0585. The Morgan fingerprint density at radius 3 is 2.12 bits per heavy atom. The van der Waals surface area contributed by atoms with E-state index in [1.54, 1.807) is 20.3 Å². The van der Waals surface area contributed by atoms with Gasteiger partial charge in [-0.25, -0.2) is 0 Å². The Morgan fingerprint density at radius 2 is 1.45 bits per heavy atom. The largest absolute Gasteiger partial charge is 0.493 e. The van der Waals surface area contributed by atoms with Gasteiger partial charge in [0.2, 0.25) is 5.75 Å². The third-order valence-corrected chi connectivity index (χ3v) is 6.37. The standard InChI is InChI=1S/C27H25NO5/c1-31-23-8-5-9-24(32-2)26(23)33-18-12-14-28(15-13-18)27(30)17-10-11-20-19-6-3-4-7-21(19)25(29)22(20)16-17/h3-11,16,18H,12-15H2,1-2H3. The molecule has 0 aromatic heterocycles. The van der Waals surface area contributed by atoms with E-state index in [0.717, 1.165) is 11.1 Å². The molecular formula is C27H25NO5. The first-order chi connectivity index (χ1) is 16.1. The summed E-state index contributed by atoms with van der Waals surface area (Å²) in [5.74, 6) is 1.75. The molecule has 3 aromatic rings. The van der Waals surface area contributed by atoms with Crippen LogP contribution in [0.15, 0.2) is 60.7 Å². The fourth-order valence-corrected chi connectivity index (χ4v) is 4.62. The summed E-state index contributed by atoms with van der Waals surface area (Å²) in [6.07, 6.45) is 1.35. The molecule has 0 saturated carbocycles. The molecule has 3 aromatic carbocycles. The van der Waals surface area contributed by atoms with Crippen molar-refractivity contribution >= 4 is 11.7 Å². The number of hydrogen-bond acceptors (Lipinski definition) is 5. The quantitative estimate of drug-likeness (QED) is 0.451. The maximum absolute atomic E-state index is 13.2. The Bertz CT molecular complexity index is 1200. The number of rotatable bonds is 5. The van der Waals surface area contributed by atoms with E-state index in [2.05, 4.69) is 0 Å². The zero-order valence-electron chi connectivity index (χ0n) is 18.7. The molecule has 6 heteroatoms. The van der Waals surface area contributed by atoms with Crippen molar-refractivity contribution in [2.24, 2.45) is 0 Å². The number of ether oxygens (including phenoxy) is 3. The molecular weight excluding hydrogens is 418 g/mol. The number of amides is 1. The van der Waals surface area contributed by atoms with Crippen LogP contribution in [0.1, 0.15) is 39.1 Å². The van der Waals surface area contributed by atoms with Gasteiger partial charge in [0.25, 0.3) is 5.91 Å². The van der Waals surface area contributed by atoms with Crippen LogP contribution in [-0.4, -0.2) is 50.0 Å². The van der Waals surface area contributed by atoms with Crippen molar-refractivity contribution in [1.29, 1.82) is 0 Å². The van der Waals surface area contributed by atoms with Gasteiger partial charge in [0.15, 0.2) is 17.3 Å². The fraction of sp³-hybridized carbons (Fsp3) is 0.259. The van der Waals surface area contributed by atoms with Crippen LogP contribution in [0, 0.1) is 0 Å². The third kappa shape index (κ3) is 3.71. The number of ketones is 1. The molecule has 1 aliphatic heterocycles. The van der Waals surface area contributed by atoms with E-state index >= 15 is 0 Å². The second-order valence-electron chi connectivity index (χ2n) is 8.24. The molecule has 1 aliphatic carbocycles. The maximum Gasteiger partial charge on any atom is 0.253 e. The van der Waals surface area contributed by atoms with Crippen molar-refractivity contribution in [3.05, 3.63) is 77.4 Å². The number of benzene rings is 3. The number of nitrogens with zero attached hydrogens (tertiary/aromatic N) is 1. The van der Waals surface area contributed by atoms with Crippen molar-refractivity contribution < 1.29 is 23.8 Å². The average Bonchev–Trinajstić information content (AvgIpc) is 3.15. The lowest BCUT2D eigenvalue weighted by atomic mass is 10.0. The van der Waals surface area contributed by atoms with Gasteiger partial charge < -0.3 is 19.1 Å². The van der Waals surface area contributed by atoms with Crippen LogP contribution in [0.5, 0.6) is 17.2 Å². The summed E-state index contributed by atoms with van der Waals surface area (Å²) < 4.78 is 17.0. The van der Waals surface area contributed by atoms with Crippen LogP contribution < -0.4 is 14.2 Å². The molecule has 1 fully saturated rings. The van der Waals surface area contributed by atoms with Crippen LogP contribution in [0.4, 0.5) is 0 Å². The molecule has 0 N–H and O–H groups in total. The summed E-state index contributed by atoms with van der Waals surface area (Å²) in [7, 11) is 3.20. The molecule has 0 spiro atoms.